The van der Waals surface area contributed by atoms with Gasteiger partial charge in [0.1, 0.15) is 0 Å². The molecule has 0 saturated carbocycles. The van der Waals surface area contributed by atoms with Crippen molar-refractivity contribution < 1.29 is 14.3 Å². The molecule has 1 fully saturated rings. The summed E-state index contributed by atoms with van der Waals surface area (Å²) >= 11 is 3.47. The van der Waals surface area contributed by atoms with E-state index in [0.717, 1.165) is 11.0 Å². The van der Waals surface area contributed by atoms with Crippen molar-refractivity contribution in [3.8, 4) is 11.5 Å². The van der Waals surface area contributed by atoms with E-state index in [-0.39, 0.29) is 18.0 Å². The van der Waals surface area contributed by atoms with Crippen molar-refractivity contribution in [1.29, 1.82) is 0 Å². The zero-order valence-corrected chi connectivity index (χ0v) is 15.1. The van der Waals surface area contributed by atoms with Crippen LogP contribution >= 0.6 is 15.9 Å². The molecule has 0 radical (unpaired) electrons. The second-order valence-corrected chi connectivity index (χ2v) is 6.26. The Morgan fingerprint density at radius 2 is 2.18 bits per heavy atom. The lowest BCUT2D eigenvalue weighted by atomic mass is 10.0. The Kier molecular flexibility index (Phi) is 5.69. The van der Waals surface area contributed by atoms with Crippen molar-refractivity contribution in [2.75, 3.05) is 26.8 Å². The van der Waals surface area contributed by atoms with Gasteiger partial charge >= 0.3 is 0 Å². The summed E-state index contributed by atoms with van der Waals surface area (Å²) in [5, 5.41) is 3.38. The van der Waals surface area contributed by atoms with E-state index in [2.05, 4.69) is 35.1 Å². The van der Waals surface area contributed by atoms with Crippen LogP contribution in [0.1, 0.15) is 31.1 Å². The Bertz CT molecular complexity index is 550. The molecule has 0 aromatic heterocycles. The largest absolute Gasteiger partial charge is 0.493 e. The van der Waals surface area contributed by atoms with E-state index in [0.29, 0.717) is 30.2 Å². The number of nitrogens with one attached hydrogen (secondary N) is 1. The molecule has 2 atom stereocenters. The summed E-state index contributed by atoms with van der Waals surface area (Å²) in [6, 6.07) is 3.98. The Labute approximate surface area is 140 Å². The quantitative estimate of drug-likeness (QED) is 0.884. The van der Waals surface area contributed by atoms with E-state index in [1.54, 1.807) is 19.2 Å². The number of benzene rings is 1. The number of methoxy groups -OCH3 is 1. The molecular weight excluding hydrogens is 348 g/mol. The molecule has 0 aliphatic carbocycles. The van der Waals surface area contributed by atoms with E-state index in [4.69, 9.17) is 9.47 Å². The van der Waals surface area contributed by atoms with Crippen LogP contribution in [0.3, 0.4) is 0 Å². The first kappa shape index (κ1) is 17.1. The van der Waals surface area contributed by atoms with Gasteiger partial charge in [-0.15, -0.1) is 0 Å². The lowest BCUT2D eigenvalue weighted by Crippen LogP contribution is -2.57. The molecule has 1 N–H and O–H groups in total. The molecule has 1 amide bonds. The predicted octanol–water partition coefficient (Wildman–Crippen LogP) is 2.68. The number of carbonyl (C=O) groups excluding carboxylic acids is 1. The van der Waals surface area contributed by atoms with Crippen LogP contribution in [0.15, 0.2) is 16.6 Å². The van der Waals surface area contributed by atoms with E-state index in [1.165, 1.54) is 0 Å². The Morgan fingerprint density at radius 1 is 1.45 bits per heavy atom. The van der Waals surface area contributed by atoms with Crippen molar-refractivity contribution in [3.63, 3.8) is 0 Å². The molecule has 1 saturated heterocycles. The second kappa shape index (κ2) is 7.33. The van der Waals surface area contributed by atoms with Gasteiger partial charge in [0.15, 0.2) is 11.5 Å². The molecule has 1 aromatic rings. The highest BCUT2D eigenvalue weighted by molar-refractivity contribution is 9.10. The number of hydrogen-bond acceptors (Lipinski definition) is 4. The van der Waals surface area contributed by atoms with E-state index < -0.39 is 0 Å². The van der Waals surface area contributed by atoms with Gasteiger partial charge in [-0.3, -0.25) is 4.79 Å². The van der Waals surface area contributed by atoms with Gasteiger partial charge in [0.2, 0.25) is 0 Å². The van der Waals surface area contributed by atoms with Gasteiger partial charge in [0.05, 0.1) is 18.2 Å². The van der Waals surface area contributed by atoms with Gasteiger partial charge in [-0.25, -0.2) is 0 Å². The standard InChI is InChI=1S/C16H23BrN2O3/c1-5-22-15-13(17)8-12(9-14(15)21-4)16(20)19-7-6-18-10(2)11(19)3/h8-11,18H,5-7H2,1-4H3. The number of ether oxygens (including phenoxy) is 2. The fourth-order valence-corrected chi connectivity index (χ4v) is 3.19. The monoisotopic (exact) mass is 370 g/mol. The molecule has 1 aromatic carbocycles. The van der Waals surface area contributed by atoms with Crippen LogP contribution in [0.4, 0.5) is 0 Å². The molecule has 0 bridgehead atoms. The van der Waals surface area contributed by atoms with Crippen molar-refractivity contribution in [2.45, 2.75) is 32.9 Å². The minimum Gasteiger partial charge on any atom is -0.493 e. The normalized spacial score (nSPS) is 21.6. The van der Waals surface area contributed by atoms with E-state index in [9.17, 15) is 4.79 Å². The van der Waals surface area contributed by atoms with Crippen LogP contribution in [0.25, 0.3) is 0 Å². The molecule has 0 spiro atoms. The number of amides is 1. The number of rotatable bonds is 4. The summed E-state index contributed by atoms with van der Waals surface area (Å²) in [6.07, 6.45) is 0. The first-order valence-electron chi connectivity index (χ1n) is 7.54. The van der Waals surface area contributed by atoms with Crippen molar-refractivity contribution >= 4 is 21.8 Å². The summed E-state index contributed by atoms with van der Waals surface area (Å²) < 4.78 is 11.7. The summed E-state index contributed by atoms with van der Waals surface area (Å²) in [6.45, 7) is 8.13. The maximum Gasteiger partial charge on any atom is 0.254 e. The summed E-state index contributed by atoms with van der Waals surface area (Å²) in [4.78, 5) is 14.7. The molecule has 1 aliphatic heterocycles. The molecule has 22 heavy (non-hydrogen) atoms. The fraction of sp³-hybridized carbons (Fsp3) is 0.562. The van der Waals surface area contributed by atoms with Gasteiger partial charge in [-0.05, 0) is 48.8 Å². The highest BCUT2D eigenvalue weighted by atomic mass is 79.9. The number of hydrogen-bond donors (Lipinski definition) is 1. The van der Waals surface area contributed by atoms with Gasteiger partial charge in [-0.1, -0.05) is 0 Å². The van der Waals surface area contributed by atoms with Crippen LogP contribution in [0, 0.1) is 0 Å². The van der Waals surface area contributed by atoms with Crippen LogP contribution in [-0.2, 0) is 0 Å². The molecule has 122 valence electrons. The summed E-state index contributed by atoms with van der Waals surface area (Å²) in [7, 11) is 1.58. The number of halogens is 1. The molecule has 1 aliphatic rings. The molecule has 2 rings (SSSR count). The zero-order valence-electron chi connectivity index (χ0n) is 13.5. The van der Waals surface area contributed by atoms with Crippen LogP contribution in [0.2, 0.25) is 0 Å². The lowest BCUT2D eigenvalue weighted by molar-refractivity contribution is 0.0602. The molecule has 5 nitrogen and oxygen atoms in total. The maximum absolute atomic E-state index is 12.8. The Morgan fingerprint density at radius 3 is 2.82 bits per heavy atom. The molecule has 1 heterocycles. The summed E-state index contributed by atoms with van der Waals surface area (Å²) in [5.41, 5.74) is 0.605. The van der Waals surface area contributed by atoms with Crippen molar-refractivity contribution in [3.05, 3.63) is 22.2 Å². The van der Waals surface area contributed by atoms with Crippen molar-refractivity contribution in [1.82, 2.24) is 10.2 Å². The van der Waals surface area contributed by atoms with Crippen LogP contribution in [-0.4, -0.2) is 49.7 Å². The third-order valence-electron chi connectivity index (χ3n) is 4.06. The predicted molar refractivity (Wildman–Crippen MR) is 89.8 cm³/mol. The maximum atomic E-state index is 12.8. The Balaban J connectivity index is 2.32. The average Bonchev–Trinajstić information content (AvgIpc) is 2.51. The highest BCUT2D eigenvalue weighted by Gasteiger charge is 2.29. The lowest BCUT2D eigenvalue weighted by Gasteiger charge is -2.38. The first-order chi connectivity index (χ1) is 10.5. The van der Waals surface area contributed by atoms with Gasteiger partial charge in [-0.2, -0.15) is 0 Å². The van der Waals surface area contributed by atoms with E-state index in [1.807, 2.05) is 11.8 Å². The van der Waals surface area contributed by atoms with Gasteiger partial charge < -0.3 is 19.7 Å². The number of carbonyl (C=O) groups is 1. The minimum absolute atomic E-state index is 0.0166. The van der Waals surface area contributed by atoms with Gasteiger partial charge in [0, 0.05) is 30.7 Å². The smallest absolute Gasteiger partial charge is 0.254 e. The Hall–Kier alpha value is -1.27. The summed E-state index contributed by atoms with van der Waals surface area (Å²) in [5.74, 6) is 1.21. The molecule has 2 unspecified atom stereocenters. The highest BCUT2D eigenvalue weighted by Crippen LogP contribution is 2.37. The molecular formula is C16H23BrN2O3. The van der Waals surface area contributed by atoms with Crippen molar-refractivity contribution in [2.24, 2.45) is 0 Å². The number of nitrogens with zero attached hydrogens (tertiary/aromatic N) is 1. The van der Waals surface area contributed by atoms with Gasteiger partial charge in [0.25, 0.3) is 5.91 Å². The SMILES string of the molecule is CCOc1c(Br)cc(C(=O)N2CCNC(C)C2C)cc1OC. The number of piperazine rings is 1. The second-order valence-electron chi connectivity index (χ2n) is 5.40. The van der Waals surface area contributed by atoms with Crippen LogP contribution < -0.4 is 14.8 Å². The third kappa shape index (κ3) is 3.38. The first-order valence-corrected chi connectivity index (χ1v) is 8.33. The fourth-order valence-electron chi connectivity index (χ4n) is 2.64. The molecule has 6 heteroatoms. The third-order valence-corrected chi connectivity index (χ3v) is 4.65. The topological polar surface area (TPSA) is 50.8 Å². The minimum atomic E-state index is 0.0166. The van der Waals surface area contributed by atoms with E-state index >= 15 is 0 Å². The zero-order chi connectivity index (χ0) is 16.3. The van der Waals surface area contributed by atoms with Crippen LogP contribution in [0.5, 0.6) is 11.5 Å². The average molecular weight is 371 g/mol.